The summed E-state index contributed by atoms with van der Waals surface area (Å²) in [5, 5.41) is 11.0. The monoisotopic (exact) mass is 396 g/mol. The number of carbonyl (C=O) groups is 2. The van der Waals surface area contributed by atoms with Gasteiger partial charge in [0.2, 0.25) is 5.91 Å². The minimum absolute atomic E-state index is 0.0746. The van der Waals surface area contributed by atoms with E-state index in [2.05, 4.69) is 0 Å². The SMILES string of the molecule is NC(=O)Cc1c(C(C(=O)O)c2ccccc2)c(-c2ccccc2)nc2ccccc12. The van der Waals surface area contributed by atoms with Crippen LogP contribution in [0.15, 0.2) is 84.9 Å². The van der Waals surface area contributed by atoms with Gasteiger partial charge in [-0.1, -0.05) is 78.9 Å². The third kappa shape index (κ3) is 3.65. The summed E-state index contributed by atoms with van der Waals surface area (Å²) in [4.78, 5) is 29.3. The van der Waals surface area contributed by atoms with Gasteiger partial charge in [-0.3, -0.25) is 9.59 Å². The average molecular weight is 396 g/mol. The van der Waals surface area contributed by atoms with Crippen LogP contribution >= 0.6 is 0 Å². The third-order valence-corrected chi connectivity index (χ3v) is 5.11. The fourth-order valence-electron chi connectivity index (χ4n) is 3.86. The van der Waals surface area contributed by atoms with Gasteiger partial charge in [-0.25, -0.2) is 4.98 Å². The van der Waals surface area contributed by atoms with Gasteiger partial charge in [0.15, 0.2) is 0 Å². The molecule has 5 nitrogen and oxygen atoms in total. The molecule has 5 heteroatoms. The molecule has 0 spiro atoms. The predicted octanol–water partition coefficient (Wildman–Crippen LogP) is 4.15. The first-order valence-electron chi connectivity index (χ1n) is 9.59. The number of rotatable bonds is 6. The van der Waals surface area contributed by atoms with E-state index in [4.69, 9.17) is 10.7 Å². The minimum atomic E-state index is -1.01. The van der Waals surface area contributed by atoms with Gasteiger partial charge < -0.3 is 10.8 Å². The molecule has 0 aliphatic carbocycles. The zero-order chi connectivity index (χ0) is 21.1. The van der Waals surface area contributed by atoms with E-state index >= 15 is 0 Å². The van der Waals surface area contributed by atoms with Gasteiger partial charge in [0.1, 0.15) is 5.92 Å². The highest BCUT2D eigenvalue weighted by Gasteiger charge is 2.30. The zero-order valence-electron chi connectivity index (χ0n) is 16.2. The number of para-hydroxylation sites is 1. The highest BCUT2D eigenvalue weighted by atomic mass is 16.4. The van der Waals surface area contributed by atoms with Crippen molar-refractivity contribution in [1.29, 1.82) is 0 Å². The molecule has 0 radical (unpaired) electrons. The molecule has 0 aliphatic heterocycles. The maximum Gasteiger partial charge on any atom is 0.315 e. The molecule has 1 atom stereocenters. The lowest BCUT2D eigenvalue weighted by atomic mass is 9.83. The molecule has 0 saturated heterocycles. The number of fused-ring (bicyclic) bond motifs is 1. The number of benzene rings is 3. The van der Waals surface area contributed by atoms with E-state index in [1.807, 2.05) is 60.7 Å². The van der Waals surface area contributed by atoms with Crippen LogP contribution in [0.2, 0.25) is 0 Å². The van der Waals surface area contributed by atoms with E-state index in [0.717, 1.165) is 10.9 Å². The fourth-order valence-corrected chi connectivity index (χ4v) is 3.86. The number of nitrogens with two attached hydrogens (primary N) is 1. The Bertz CT molecular complexity index is 1220. The molecule has 0 fully saturated rings. The summed E-state index contributed by atoms with van der Waals surface area (Å²) in [6.45, 7) is 0. The van der Waals surface area contributed by atoms with Crippen LogP contribution in [0, 0.1) is 0 Å². The van der Waals surface area contributed by atoms with Crippen LogP contribution in [0.25, 0.3) is 22.2 Å². The van der Waals surface area contributed by atoms with Crippen molar-refractivity contribution in [2.24, 2.45) is 5.73 Å². The topological polar surface area (TPSA) is 93.3 Å². The van der Waals surface area contributed by atoms with Crippen molar-refractivity contribution in [1.82, 2.24) is 4.98 Å². The quantitative estimate of drug-likeness (QED) is 0.512. The second-order valence-corrected chi connectivity index (χ2v) is 7.06. The maximum atomic E-state index is 12.5. The third-order valence-electron chi connectivity index (χ3n) is 5.11. The number of amides is 1. The van der Waals surface area contributed by atoms with Crippen molar-refractivity contribution in [2.45, 2.75) is 12.3 Å². The average Bonchev–Trinajstić information content (AvgIpc) is 2.76. The summed E-state index contributed by atoms with van der Waals surface area (Å²) in [7, 11) is 0. The molecule has 1 unspecified atom stereocenters. The van der Waals surface area contributed by atoms with Crippen molar-refractivity contribution in [3.63, 3.8) is 0 Å². The Kier molecular flexibility index (Phi) is 5.26. The Morgan fingerprint density at radius 2 is 1.47 bits per heavy atom. The van der Waals surface area contributed by atoms with Crippen molar-refractivity contribution in [3.8, 4) is 11.3 Å². The van der Waals surface area contributed by atoms with Crippen LogP contribution in [-0.4, -0.2) is 22.0 Å². The summed E-state index contributed by atoms with van der Waals surface area (Å²) in [5.41, 5.74) is 9.31. The molecule has 0 bridgehead atoms. The fraction of sp³-hybridized carbons (Fsp3) is 0.0800. The number of carboxylic acid groups (broad SMARTS) is 1. The molecule has 3 aromatic carbocycles. The summed E-state index contributed by atoms with van der Waals surface area (Å²) in [6, 6.07) is 25.8. The highest BCUT2D eigenvalue weighted by molar-refractivity contribution is 5.95. The molecule has 1 amide bonds. The van der Waals surface area contributed by atoms with Gasteiger partial charge in [-0.15, -0.1) is 0 Å². The molecule has 0 aliphatic rings. The standard InChI is InChI=1S/C25H20N2O3/c26-21(28)15-19-18-13-7-8-14-20(18)27-24(17-11-5-2-6-12-17)23(19)22(25(29)30)16-9-3-1-4-10-16/h1-14,22H,15H2,(H2,26,28)(H,29,30). The number of pyridine rings is 1. The van der Waals surface area contributed by atoms with Crippen molar-refractivity contribution >= 4 is 22.8 Å². The van der Waals surface area contributed by atoms with Crippen molar-refractivity contribution < 1.29 is 14.7 Å². The van der Waals surface area contributed by atoms with Crippen LogP contribution in [-0.2, 0) is 16.0 Å². The van der Waals surface area contributed by atoms with E-state index < -0.39 is 17.8 Å². The van der Waals surface area contributed by atoms with Gasteiger partial charge in [-0.2, -0.15) is 0 Å². The summed E-state index contributed by atoms with van der Waals surface area (Å²) in [5.74, 6) is -2.53. The molecule has 30 heavy (non-hydrogen) atoms. The molecule has 4 rings (SSSR count). The van der Waals surface area contributed by atoms with Gasteiger partial charge in [0, 0.05) is 16.5 Å². The molecule has 0 saturated carbocycles. The maximum absolute atomic E-state index is 12.5. The van der Waals surface area contributed by atoms with Crippen molar-refractivity contribution in [2.75, 3.05) is 0 Å². The van der Waals surface area contributed by atoms with Crippen LogP contribution in [0.1, 0.15) is 22.6 Å². The second kappa shape index (κ2) is 8.17. The molecule has 3 N–H and O–H groups in total. The Hall–Kier alpha value is -3.99. The lowest BCUT2D eigenvalue weighted by Crippen LogP contribution is -2.21. The van der Waals surface area contributed by atoms with E-state index in [-0.39, 0.29) is 6.42 Å². The number of carbonyl (C=O) groups excluding carboxylic acids is 1. The Balaban J connectivity index is 2.14. The Morgan fingerprint density at radius 3 is 2.10 bits per heavy atom. The number of carboxylic acids is 1. The summed E-state index contributed by atoms with van der Waals surface area (Å²) in [6.07, 6.45) is -0.0746. The lowest BCUT2D eigenvalue weighted by molar-refractivity contribution is -0.137. The number of primary amides is 1. The zero-order valence-corrected chi connectivity index (χ0v) is 16.2. The highest BCUT2D eigenvalue weighted by Crippen LogP contribution is 2.38. The van der Waals surface area contributed by atoms with Gasteiger partial charge in [-0.05, 0) is 17.2 Å². The molecule has 1 heterocycles. The predicted molar refractivity (Wildman–Crippen MR) is 116 cm³/mol. The van der Waals surface area contributed by atoms with Gasteiger partial charge in [0.25, 0.3) is 0 Å². The molecule has 148 valence electrons. The molecule has 4 aromatic rings. The van der Waals surface area contributed by atoms with Crippen LogP contribution in [0.3, 0.4) is 0 Å². The van der Waals surface area contributed by atoms with Crippen LogP contribution in [0.5, 0.6) is 0 Å². The van der Waals surface area contributed by atoms with Crippen molar-refractivity contribution in [3.05, 3.63) is 102 Å². The Morgan fingerprint density at radius 1 is 0.867 bits per heavy atom. The first-order chi connectivity index (χ1) is 14.6. The first kappa shape index (κ1) is 19.3. The molecule has 1 aromatic heterocycles. The van der Waals surface area contributed by atoms with E-state index in [0.29, 0.717) is 27.9 Å². The number of nitrogens with zero attached hydrogens (tertiary/aromatic N) is 1. The number of hydrogen-bond donors (Lipinski definition) is 2. The molecular weight excluding hydrogens is 376 g/mol. The van der Waals surface area contributed by atoms with E-state index in [1.54, 1.807) is 24.3 Å². The smallest absolute Gasteiger partial charge is 0.315 e. The minimum Gasteiger partial charge on any atom is -0.481 e. The largest absolute Gasteiger partial charge is 0.481 e. The summed E-state index contributed by atoms with van der Waals surface area (Å²) < 4.78 is 0. The van der Waals surface area contributed by atoms with Gasteiger partial charge in [0.05, 0.1) is 17.6 Å². The van der Waals surface area contributed by atoms with Crippen LogP contribution in [0.4, 0.5) is 0 Å². The number of aliphatic carboxylic acids is 1. The van der Waals surface area contributed by atoms with Gasteiger partial charge >= 0.3 is 5.97 Å². The van der Waals surface area contributed by atoms with E-state index in [1.165, 1.54) is 0 Å². The first-order valence-corrected chi connectivity index (χ1v) is 9.59. The second-order valence-electron chi connectivity index (χ2n) is 7.06. The number of aromatic nitrogens is 1. The molecular formula is C25H20N2O3. The van der Waals surface area contributed by atoms with Crippen LogP contribution < -0.4 is 5.73 Å². The Labute approximate surface area is 173 Å². The van der Waals surface area contributed by atoms with E-state index in [9.17, 15) is 14.7 Å². The number of hydrogen-bond acceptors (Lipinski definition) is 3. The normalized spacial score (nSPS) is 11.9. The lowest BCUT2D eigenvalue weighted by Gasteiger charge is -2.22. The summed E-state index contributed by atoms with van der Waals surface area (Å²) >= 11 is 0.